The van der Waals surface area contributed by atoms with Gasteiger partial charge < -0.3 is 23.6 Å². The van der Waals surface area contributed by atoms with E-state index in [0.717, 1.165) is 16.8 Å². The number of rotatable bonds is 10. The molecular formula is C24H26F2N2O5. The fourth-order valence-corrected chi connectivity index (χ4v) is 3.24. The highest BCUT2D eigenvalue weighted by molar-refractivity contribution is 5.94. The zero-order valence-corrected chi connectivity index (χ0v) is 18.9. The maximum absolute atomic E-state index is 12.8. The molecule has 176 valence electrons. The van der Waals surface area contributed by atoms with Crippen LogP contribution in [0, 0.1) is 13.8 Å². The molecule has 0 fully saturated rings. The van der Waals surface area contributed by atoms with Gasteiger partial charge in [0.1, 0.15) is 18.1 Å². The second-order valence-electron chi connectivity index (χ2n) is 7.37. The number of nitrogens with zero attached hydrogens (tertiary/aromatic N) is 2. The third kappa shape index (κ3) is 6.21. The van der Waals surface area contributed by atoms with Crippen molar-refractivity contribution >= 4 is 5.91 Å². The van der Waals surface area contributed by atoms with E-state index in [1.54, 1.807) is 50.4 Å². The fourth-order valence-electron chi connectivity index (χ4n) is 3.24. The largest absolute Gasteiger partial charge is 0.490 e. The molecule has 0 radical (unpaired) electrons. The maximum atomic E-state index is 12.8. The van der Waals surface area contributed by atoms with Gasteiger partial charge in [-0.05, 0) is 62.7 Å². The quantitative estimate of drug-likeness (QED) is 0.417. The summed E-state index contributed by atoms with van der Waals surface area (Å²) in [6.07, 6.45) is 0. The van der Waals surface area contributed by atoms with E-state index in [1.165, 1.54) is 11.0 Å². The summed E-state index contributed by atoms with van der Waals surface area (Å²) in [5.41, 5.74) is 2.88. The van der Waals surface area contributed by atoms with Crippen molar-refractivity contribution in [3.63, 3.8) is 0 Å². The standard InChI is InChI=1S/C24H26F2N2O5/c1-5-30-22-12-17(6-11-21(22)32-24(25)26)13-28(4)23(29)18-7-9-19(10-8-18)31-14-20-15(2)27-33-16(20)3/h6-12,24H,5,13-14H2,1-4H3. The number of benzene rings is 2. The molecule has 0 unspecified atom stereocenters. The van der Waals surface area contributed by atoms with E-state index < -0.39 is 6.61 Å². The number of halogens is 2. The minimum absolute atomic E-state index is 0.0447. The molecule has 7 nitrogen and oxygen atoms in total. The summed E-state index contributed by atoms with van der Waals surface area (Å²) in [5, 5.41) is 3.90. The lowest BCUT2D eigenvalue weighted by atomic mass is 10.1. The Hall–Kier alpha value is -3.62. The van der Waals surface area contributed by atoms with Crippen LogP contribution < -0.4 is 14.2 Å². The summed E-state index contributed by atoms with van der Waals surface area (Å²) in [6.45, 7) is 3.35. The minimum Gasteiger partial charge on any atom is -0.490 e. The molecule has 0 bridgehead atoms. The van der Waals surface area contributed by atoms with Crippen molar-refractivity contribution in [3.8, 4) is 17.2 Å². The summed E-state index contributed by atoms with van der Waals surface area (Å²) in [5.74, 6) is 1.29. The van der Waals surface area contributed by atoms with Crippen LogP contribution in [-0.2, 0) is 13.2 Å². The number of ether oxygens (including phenoxy) is 3. The Balaban J connectivity index is 1.63. The van der Waals surface area contributed by atoms with Gasteiger partial charge in [0.15, 0.2) is 11.5 Å². The van der Waals surface area contributed by atoms with Crippen LogP contribution in [0.15, 0.2) is 47.0 Å². The highest BCUT2D eigenvalue weighted by Gasteiger charge is 2.16. The van der Waals surface area contributed by atoms with Gasteiger partial charge in [0, 0.05) is 19.2 Å². The lowest BCUT2D eigenvalue weighted by molar-refractivity contribution is -0.0514. The molecule has 0 aliphatic heterocycles. The first-order chi connectivity index (χ1) is 15.8. The zero-order chi connectivity index (χ0) is 24.0. The van der Waals surface area contributed by atoms with Gasteiger partial charge in [-0.1, -0.05) is 11.2 Å². The van der Waals surface area contributed by atoms with Crippen molar-refractivity contribution < 1.29 is 32.3 Å². The number of carbonyl (C=O) groups is 1. The summed E-state index contributed by atoms with van der Waals surface area (Å²) >= 11 is 0. The number of aromatic nitrogens is 1. The molecule has 0 N–H and O–H groups in total. The zero-order valence-electron chi connectivity index (χ0n) is 18.9. The van der Waals surface area contributed by atoms with E-state index in [9.17, 15) is 13.6 Å². The van der Waals surface area contributed by atoms with Crippen molar-refractivity contribution in [2.45, 2.75) is 40.5 Å². The molecule has 0 spiro atoms. The predicted octanol–water partition coefficient (Wildman–Crippen LogP) is 5.14. The molecule has 2 aromatic carbocycles. The van der Waals surface area contributed by atoms with E-state index >= 15 is 0 Å². The van der Waals surface area contributed by atoms with E-state index in [2.05, 4.69) is 9.89 Å². The van der Waals surface area contributed by atoms with Crippen LogP contribution in [0.2, 0.25) is 0 Å². The average molecular weight is 460 g/mol. The Bertz CT molecular complexity index is 1060. The van der Waals surface area contributed by atoms with Crippen LogP contribution in [0.4, 0.5) is 8.78 Å². The van der Waals surface area contributed by atoms with E-state index in [-0.39, 0.29) is 24.0 Å². The molecule has 1 heterocycles. The normalized spacial score (nSPS) is 10.9. The predicted molar refractivity (Wildman–Crippen MR) is 117 cm³/mol. The first-order valence-electron chi connectivity index (χ1n) is 10.4. The van der Waals surface area contributed by atoms with Gasteiger partial charge in [-0.25, -0.2) is 0 Å². The van der Waals surface area contributed by atoms with E-state index in [1.807, 2.05) is 13.8 Å². The molecule has 0 saturated carbocycles. The summed E-state index contributed by atoms with van der Waals surface area (Å²) in [4.78, 5) is 14.4. The third-order valence-corrected chi connectivity index (χ3v) is 4.96. The molecule has 0 aliphatic carbocycles. The van der Waals surface area contributed by atoms with Crippen molar-refractivity contribution in [1.29, 1.82) is 0 Å². The minimum atomic E-state index is -2.95. The third-order valence-electron chi connectivity index (χ3n) is 4.96. The SMILES string of the molecule is CCOc1cc(CN(C)C(=O)c2ccc(OCc3c(C)noc3C)cc2)ccc1OC(F)F. The number of carbonyl (C=O) groups excluding carboxylic acids is 1. The molecule has 3 aromatic rings. The van der Waals surface area contributed by atoms with E-state index in [4.69, 9.17) is 14.0 Å². The van der Waals surface area contributed by atoms with Crippen LogP contribution in [0.25, 0.3) is 0 Å². The maximum Gasteiger partial charge on any atom is 0.387 e. The lowest BCUT2D eigenvalue weighted by Gasteiger charge is -2.19. The van der Waals surface area contributed by atoms with Crippen molar-refractivity contribution in [2.75, 3.05) is 13.7 Å². The molecule has 0 aliphatic rings. The topological polar surface area (TPSA) is 74.0 Å². The summed E-state index contributed by atoms with van der Waals surface area (Å²) in [7, 11) is 1.66. The molecular weight excluding hydrogens is 434 g/mol. The second-order valence-corrected chi connectivity index (χ2v) is 7.37. The van der Waals surface area contributed by atoms with Gasteiger partial charge in [-0.2, -0.15) is 8.78 Å². The Morgan fingerprint density at radius 1 is 1.09 bits per heavy atom. The Kier molecular flexibility index (Phi) is 7.87. The number of hydrogen-bond acceptors (Lipinski definition) is 6. The van der Waals surface area contributed by atoms with Gasteiger partial charge in [0.2, 0.25) is 0 Å². The number of hydrogen-bond donors (Lipinski definition) is 0. The van der Waals surface area contributed by atoms with Crippen LogP contribution in [0.5, 0.6) is 17.2 Å². The highest BCUT2D eigenvalue weighted by Crippen LogP contribution is 2.30. The van der Waals surface area contributed by atoms with Crippen LogP contribution in [-0.4, -0.2) is 36.2 Å². The van der Waals surface area contributed by atoms with Gasteiger partial charge >= 0.3 is 6.61 Å². The molecule has 33 heavy (non-hydrogen) atoms. The molecule has 1 amide bonds. The van der Waals surface area contributed by atoms with Crippen LogP contribution >= 0.6 is 0 Å². The van der Waals surface area contributed by atoms with Crippen molar-refractivity contribution in [2.24, 2.45) is 0 Å². The van der Waals surface area contributed by atoms with Gasteiger partial charge in [0.05, 0.1) is 17.9 Å². The molecule has 3 rings (SSSR count). The first-order valence-corrected chi connectivity index (χ1v) is 10.4. The van der Waals surface area contributed by atoms with Crippen LogP contribution in [0.3, 0.4) is 0 Å². The summed E-state index contributed by atoms with van der Waals surface area (Å²) in [6, 6.07) is 11.5. The van der Waals surface area contributed by atoms with Crippen molar-refractivity contribution in [3.05, 3.63) is 70.6 Å². The molecule has 0 saturated heterocycles. The molecule has 0 atom stereocenters. The fraction of sp³-hybridized carbons (Fsp3) is 0.333. The second kappa shape index (κ2) is 10.8. The van der Waals surface area contributed by atoms with Gasteiger partial charge in [-0.3, -0.25) is 4.79 Å². The Labute approximate surface area is 190 Å². The lowest BCUT2D eigenvalue weighted by Crippen LogP contribution is -2.26. The van der Waals surface area contributed by atoms with Crippen molar-refractivity contribution in [1.82, 2.24) is 10.1 Å². The average Bonchev–Trinajstić information content (AvgIpc) is 3.11. The molecule has 1 aromatic heterocycles. The highest BCUT2D eigenvalue weighted by atomic mass is 19.3. The smallest absolute Gasteiger partial charge is 0.387 e. The van der Waals surface area contributed by atoms with Gasteiger partial charge in [-0.15, -0.1) is 0 Å². The van der Waals surface area contributed by atoms with E-state index in [0.29, 0.717) is 30.3 Å². The number of amides is 1. The Morgan fingerprint density at radius 2 is 1.82 bits per heavy atom. The van der Waals surface area contributed by atoms with Gasteiger partial charge in [0.25, 0.3) is 5.91 Å². The van der Waals surface area contributed by atoms with Crippen LogP contribution in [0.1, 0.15) is 39.9 Å². The molecule has 9 heteroatoms. The number of aryl methyl sites for hydroxylation is 2. The monoisotopic (exact) mass is 460 g/mol. The Morgan fingerprint density at radius 3 is 2.42 bits per heavy atom. The number of alkyl halides is 2. The first kappa shape index (κ1) is 24.0. The summed E-state index contributed by atoms with van der Waals surface area (Å²) < 4.78 is 45.9.